The quantitative estimate of drug-likeness (QED) is 0.486. The predicted octanol–water partition coefficient (Wildman–Crippen LogP) is 3.21. The number of carbonyl (C=O) groups is 1. The highest BCUT2D eigenvalue weighted by atomic mass is 16.1. The first-order chi connectivity index (χ1) is 15.7. The molecule has 0 spiro atoms. The van der Waals surface area contributed by atoms with Crippen LogP contribution in [0.4, 0.5) is 0 Å². The highest BCUT2D eigenvalue weighted by Crippen LogP contribution is 2.37. The molecular weight excluding hydrogens is 404 g/mol. The van der Waals surface area contributed by atoms with Crippen molar-refractivity contribution in [2.75, 3.05) is 0 Å². The summed E-state index contributed by atoms with van der Waals surface area (Å²) in [7, 11) is 0. The number of hydrogen-bond acceptors (Lipinski definition) is 6. The third-order valence-electron chi connectivity index (χ3n) is 6.27. The largest absolute Gasteiger partial charge is 0.350 e. The van der Waals surface area contributed by atoms with Crippen molar-refractivity contribution < 1.29 is 4.79 Å². The Hall–Kier alpha value is -3.80. The van der Waals surface area contributed by atoms with Crippen LogP contribution in [0.2, 0.25) is 0 Å². The molecule has 1 aliphatic rings. The average molecular weight is 429 g/mol. The van der Waals surface area contributed by atoms with E-state index in [-0.39, 0.29) is 18.4 Å². The molecule has 1 amide bonds. The van der Waals surface area contributed by atoms with Crippen LogP contribution in [0, 0.1) is 17.2 Å². The van der Waals surface area contributed by atoms with Gasteiger partial charge in [-0.3, -0.25) is 14.8 Å². The van der Waals surface area contributed by atoms with Gasteiger partial charge in [-0.2, -0.15) is 5.26 Å². The number of amides is 1. The summed E-state index contributed by atoms with van der Waals surface area (Å²) in [4.78, 5) is 33.5. The highest BCUT2D eigenvalue weighted by Gasteiger charge is 2.27. The molecule has 0 radical (unpaired) electrons. The number of imidazole rings is 1. The number of H-pyrrole nitrogens is 1. The second-order valence-electron chi connectivity index (χ2n) is 8.32. The summed E-state index contributed by atoms with van der Waals surface area (Å²) in [6.45, 7) is 0.329. The van der Waals surface area contributed by atoms with Crippen LogP contribution in [-0.4, -0.2) is 35.4 Å². The van der Waals surface area contributed by atoms with Crippen molar-refractivity contribution in [2.24, 2.45) is 5.92 Å². The minimum absolute atomic E-state index is 0.108. The first-order valence-electron chi connectivity index (χ1n) is 10.9. The first-order valence-corrected chi connectivity index (χ1v) is 10.9. The van der Waals surface area contributed by atoms with E-state index >= 15 is 0 Å². The number of carbonyl (C=O) groups excluding carboxylic acids is 1. The maximum absolute atomic E-state index is 12.8. The zero-order valence-corrected chi connectivity index (χ0v) is 17.7. The number of hydrogen-bond donors (Lipinski definition) is 2. The molecule has 1 aliphatic carbocycles. The minimum Gasteiger partial charge on any atom is -0.350 e. The number of fused-ring (bicyclic) bond motifs is 3. The molecule has 4 aromatic rings. The van der Waals surface area contributed by atoms with E-state index < -0.39 is 0 Å². The number of rotatable bonds is 6. The van der Waals surface area contributed by atoms with Crippen LogP contribution >= 0.6 is 0 Å². The van der Waals surface area contributed by atoms with Gasteiger partial charge in [0, 0.05) is 36.4 Å². The van der Waals surface area contributed by atoms with E-state index in [1.165, 1.54) is 0 Å². The van der Waals surface area contributed by atoms with E-state index in [1.807, 2.05) is 12.3 Å². The van der Waals surface area contributed by atoms with Crippen LogP contribution < -0.4 is 5.32 Å². The molecule has 5 rings (SSSR count). The molecule has 0 saturated heterocycles. The molecular formula is C23H24N8O. The molecule has 2 N–H and O–H groups in total. The lowest BCUT2D eigenvalue weighted by Gasteiger charge is -2.30. The van der Waals surface area contributed by atoms with Gasteiger partial charge in [0.2, 0.25) is 5.91 Å². The van der Waals surface area contributed by atoms with Crippen molar-refractivity contribution in [1.29, 1.82) is 5.26 Å². The Bertz CT molecular complexity index is 1280. The van der Waals surface area contributed by atoms with Crippen LogP contribution in [-0.2, 0) is 17.8 Å². The Morgan fingerprint density at radius 2 is 2.09 bits per heavy atom. The lowest BCUT2D eigenvalue weighted by molar-refractivity contribution is -0.120. The Morgan fingerprint density at radius 3 is 2.88 bits per heavy atom. The Labute approximate surface area is 184 Å². The number of nitrogens with zero attached hydrogens (tertiary/aromatic N) is 6. The van der Waals surface area contributed by atoms with Gasteiger partial charge >= 0.3 is 0 Å². The fourth-order valence-corrected chi connectivity index (χ4v) is 4.71. The molecule has 9 heteroatoms. The lowest BCUT2D eigenvalue weighted by Crippen LogP contribution is -2.27. The molecule has 0 unspecified atom stereocenters. The van der Waals surface area contributed by atoms with Crippen molar-refractivity contribution in [1.82, 2.24) is 34.8 Å². The van der Waals surface area contributed by atoms with Crippen LogP contribution in [0.3, 0.4) is 0 Å². The number of nitriles is 1. The maximum Gasteiger partial charge on any atom is 0.227 e. The van der Waals surface area contributed by atoms with Crippen LogP contribution in [0.15, 0.2) is 37.1 Å². The van der Waals surface area contributed by atoms with Gasteiger partial charge < -0.3 is 14.9 Å². The summed E-state index contributed by atoms with van der Waals surface area (Å²) >= 11 is 0. The molecule has 9 nitrogen and oxygen atoms in total. The van der Waals surface area contributed by atoms with Crippen LogP contribution in [0.5, 0.6) is 0 Å². The average Bonchev–Trinajstić information content (AvgIpc) is 3.43. The van der Waals surface area contributed by atoms with Gasteiger partial charge in [-0.25, -0.2) is 9.97 Å². The second-order valence-corrected chi connectivity index (χ2v) is 8.32. The summed E-state index contributed by atoms with van der Waals surface area (Å²) in [6.07, 6.45) is 13.3. The number of nitrogens with one attached hydrogen (secondary N) is 2. The van der Waals surface area contributed by atoms with Crippen molar-refractivity contribution in [3.05, 3.63) is 48.6 Å². The lowest BCUT2D eigenvalue weighted by atomic mass is 9.84. The smallest absolute Gasteiger partial charge is 0.227 e. The summed E-state index contributed by atoms with van der Waals surface area (Å²) < 4.78 is 2.25. The molecule has 0 bridgehead atoms. The van der Waals surface area contributed by atoms with E-state index in [0.717, 1.165) is 53.6 Å². The standard InChI is InChI=1S/C23H24N8O/c24-7-5-15-1-3-17(4-2-15)31-20(11-21(32)28-13-16-12-25-9-10-26-16)30-19-14-29-23-18(22(19)31)6-8-27-23/h6,8-10,12,14-15,17H,1-5,11,13H2,(H,27,29)(H,28,32). The fourth-order valence-electron chi connectivity index (χ4n) is 4.71. The summed E-state index contributed by atoms with van der Waals surface area (Å²) in [5.41, 5.74) is 3.35. The van der Waals surface area contributed by atoms with Gasteiger partial charge in [0.25, 0.3) is 0 Å². The van der Waals surface area contributed by atoms with E-state index in [2.05, 4.69) is 35.9 Å². The molecule has 4 aromatic heterocycles. The molecule has 162 valence electrons. The van der Waals surface area contributed by atoms with E-state index in [0.29, 0.717) is 24.6 Å². The molecule has 1 fully saturated rings. The second kappa shape index (κ2) is 8.75. The first kappa shape index (κ1) is 20.1. The number of aromatic nitrogens is 6. The minimum atomic E-state index is -0.108. The van der Waals surface area contributed by atoms with E-state index in [1.54, 1.807) is 24.8 Å². The van der Waals surface area contributed by atoms with Crippen molar-refractivity contribution in [3.63, 3.8) is 0 Å². The van der Waals surface area contributed by atoms with Crippen molar-refractivity contribution in [2.45, 2.75) is 51.1 Å². The molecule has 0 aliphatic heterocycles. The van der Waals surface area contributed by atoms with Gasteiger partial charge in [0.15, 0.2) is 0 Å². The summed E-state index contributed by atoms with van der Waals surface area (Å²) in [5, 5.41) is 13.0. The number of aromatic amines is 1. The zero-order chi connectivity index (χ0) is 21.9. The van der Waals surface area contributed by atoms with Crippen LogP contribution in [0.1, 0.15) is 49.7 Å². The molecule has 4 heterocycles. The third kappa shape index (κ3) is 3.91. The van der Waals surface area contributed by atoms with Crippen molar-refractivity contribution >= 4 is 28.0 Å². The summed E-state index contributed by atoms with van der Waals surface area (Å²) in [5.74, 6) is 1.10. The normalized spacial score (nSPS) is 18.6. The van der Waals surface area contributed by atoms with Gasteiger partial charge in [0.05, 0.1) is 42.6 Å². The van der Waals surface area contributed by atoms with Crippen molar-refractivity contribution in [3.8, 4) is 6.07 Å². The predicted molar refractivity (Wildman–Crippen MR) is 118 cm³/mol. The Morgan fingerprint density at radius 1 is 1.22 bits per heavy atom. The third-order valence-corrected chi connectivity index (χ3v) is 6.27. The Balaban J connectivity index is 1.44. The molecule has 0 aromatic carbocycles. The Kier molecular flexibility index (Phi) is 5.50. The van der Waals surface area contributed by atoms with Crippen LogP contribution in [0.25, 0.3) is 22.1 Å². The van der Waals surface area contributed by atoms with E-state index in [9.17, 15) is 4.79 Å². The summed E-state index contributed by atoms with van der Waals surface area (Å²) in [6, 6.07) is 4.57. The van der Waals surface area contributed by atoms with Gasteiger partial charge in [-0.1, -0.05) is 0 Å². The van der Waals surface area contributed by atoms with E-state index in [4.69, 9.17) is 10.2 Å². The molecule has 0 atom stereocenters. The zero-order valence-electron chi connectivity index (χ0n) is 17.7. The van der Waals surface area contributed by atoms with Gasteiger partial charge in [-0.05, 0) is 37.7 Å². The molecule has 32 heavy (non-hydrogen) atoms. The van der Waals surface area contributed by atoms with Gasteiger partial charge in [0.1, 0.15) is 17.0 Å². The van der Waals surface area contributed by atoms with Gasteiger partial charge in [-0.15, -0.1) is 0 Å². The SMILES string of the molecule is N#CCC1CCC(n2c(CC(=O)NCc3cnccn3)nc3cnc4[nH]ccc4c32)CC1. The highest BCUT2D eigenvalue weighted by molar-refractivity contribution is 6.01. The monoisotopic (exact) mass is 428 g/mol. The maximum atomic E-state index is 12.8. The topological polar surface area (TPSA) is 125 Å². The fraction of sp³-hybridized carbons (Fsp3) is 0.391. The number of pyridine rings is 1. The molecule has 1 saturated carbocycles.